The van der Waals surface area contributed by atoms with E-state index in [2.05, 4.69) is 0 Å². The zero-order valence-electron chi connectivity index (χ0n) is 9.98. The van der Waals surface area contributed by atoms with Crippen molar-refractivity contribution in [3.05, 3.63) is 59.4 Å². The van der Waals surface area contributed by atoms with Crippen LogP contribution in [0.4, 0.5) is 13.2 Å². The minimum Gasteiger partial charge on any atom is -0.479 e. The Morgan fingerprint density at radius 3 is 2.25 bits per heavy atom. The van der Waals surface area contributed by atoms with Gasteiger partial charge in [0.1, 0.15) is 5.82 Å². The summed E-state index contributed by atoms with van der Waals surface area (Å²) < 4.78 is 40.8. The van der Waals surface area contributed by atoms with E-state index in [0.29, 0.717) is 0 Å². The first kappa shape index (κ1) is 14.1. The van der Waals surface area contributed by atoms with E-state index in [9.17, 15) is 23.1 Å². The average molecular weight is 282 g/mol. The summed E-state index contributed by atoms with van der Waals surface area (Å²) in [5, 5.41) is 18.3. The molecule has 2 aromatic rings. The minimum absolute atomic E-state index is 0.345. The summed E-state index contributed by atoms with van der Waals surface area (Å²) in [6.07, 6.45) is -2.04. The van der Waals surface area contributed by atoms with Crippen LogP contribution in [0, 0.1) is 17.5 Å². The van der Waals surface area contributed by atoms with E-state index in [4.69, 9.17) is 5.11 Å². The fraction of sp³-hybridized carbons (Fsp3) is 0.0714. The van der Waals surface area contributed by atoms with Crippen molar-refractivity contribution in [1.82, 2.24) is 0 Å². The lowest BCUT2D eigenvalue weighted by molar-refractivity contribution is -0.146. The zero-order chi connectivity index (χ0) is 14.9. The first-order valence-electron chi connectivity index (χ1n) is 5.57. The third-order valence-electron chi connectivity index (χ3n) is 2.80. The van der Waals surface area contributed by atoms with E-state index >= 15 is 0 Å². The van der Waals surface area contributed by atoms with E-state index in [1.807, 2.05) is 0 Å². The number of aliphatic carboxylic acids is 1. The molecule has 0 bridgehead atoms. The van der Waals surface area contributed by atoms with Gasteiger partial charge in [-0.15, -0.1) is 0 Å². The Kier molecular flexibility index (Phi) is 3.76. The zero-order valence-corrected chi connectivity index (χ0v) is 9.98. The predicted octanol–water partition coefficient (Wildman–Crippen LogP) is 2.89. The molecule has 0 aliphatic rings. The molecule has 2 rings (SSSR count). The number of carbonyl (C=O) groups is 1. The summed E-state index contributed by atoms with van der Waals surface area (Å²) in [5.41, 5.74) is -1.26. The van der Waals surface area contributed by atoms with Gasteiger partial charge >= 0.3 is 5.97 Å². The molecule has 0 spiro atoms. The van der Waals surface area contributed by atoms with Gasteiger partial charge in [-0.05, 0) is 12.1 Å². The Balaban J connectivity index is 2.73. The standard InChI is InChI=1S/C14H9F3O3/c15-9-5-2-4-8(13(18)14(19)20)11(9)7-3-1-6-10(16)12(7)17/h1-6,13,18H,(H,19,20). The lowest BCUT2D eigenvalue weighted by atomic mass is 9.95. The van der Waals surface area contributed by atoms with Crippen LogP contribution in [0.3, 0.4) is 0 Å². The molecule has 0 amide bonds. The Morgan fingerprint density at radius 2 is 1.60 bits per heavy atom. The molecule has 2 N–H and O–H groups in total. The molecule has 1 unspecified atom stereocenters. The maximum atomic E-state index is 13.9. The molecule has 1 atom stereocenters. The smallest absolute Gasteiger partial charge is 0.337 e. The van der Waals surface area contributed by atoms with Gasteiger partial charge in [0.05, 0.1) is 0 Å². The predicted molar refractivity (Wildman–Crippen MR) is 64.3 cm³/mol. The highest BCUT2D eigenvalue weighted by molar-refractivity contribution is 5.80. The number of aliphatic hydroxyl groups excluding tert-OH is 1. The van der Waals surface area contributed by atoms with Crippen LogP contribution >= 0.6 is 0 Å². The second-order valence-electron chi connectivity index (χ2n) is 4.05. The monoisotopic (exact) mass is 282 g/mol. The van der Waals surface area contributed by atoms with Crippen molar-refractivity contribution in [1.29, 1.82) is 0 Å². The maximum absolute atomic E-state index is 13.9. The van der Waals surface area contributed by atoms with Gasteiger partial charge in [-0.2, -0.15) is 0 Å². The fourth-order valence-electron chi connectivity index (χ4n) is 1.88. The topological polar surface area (TPSA) is 57.5 Å². The molecule has 104 valence electrons. The third-order valence-corrected chi connectivity index (χ3v) is 2.80. The fourth-order valence-corrected chi connectivity index (χ4v) is 1.88. The van der Waals surface area contributed by atoms with Crippen molar-refractivity contribution >= 4 is 5.97 Å². The van der Waals surface area contributed by atoms with Crippen molar-refractivity contribution in [2.75, 3.05) is 0 Å². The van der Waals surface area contributed by atoms with Crippen molar-refractivity contribution < 1.29 is 28.2 Å². The molecule has 0 aliphatic carbocycles. The number of carboxylic acids is 1. The van der Waals surface area contributed by atoms with Crippen LogP contribution in [0.1, 0.15) is 11.7 Å². The molecule has 3 nitrogen and oxygen atoms in total. The lowest BCUT2D eigenvalue weighted by Crippen LogP contribution is -2.12. The molecule has 6 heteroatoms. The summed E-state index contributed by atoms with van der Waals surface area (Å²) in [6.45, 7) is 0. The first-order valence-corrected chi connectivity index (χ1v) is 5.57. The summed E-state index contributed by atoms with van der Waals surface area (Å²) in [6, 6.07) is 6.41. The number of hydrogen-bond acceptors (Lipinski definition) is 2. The normalized spacial score (nSPS) is 12.2. The first-order chi connectivity index (χ1) is 9.43. The van der Waals surface area contributed by atoms with Crippen molar-refractivity contribution in [2.45, 2.75) is 6.10 Å². The van der Waals surface area contributed by atoms with Gasteiger partial charge in [0, 0.05) is 16.7 Å². The van der Waals surface area contributed by atoms with Gasteiger partial charge in [0.2, 0.25) is 0 Å². The summed E-state index contributed by atoms with van der Waals surface area (Å²) in [7, 11) is 0. The van der Waals surface area contributed by atoms with E-state index in [1.165, 1.54) is 6.07 Å². The van der Waals surface area contributed by atoms with Crippen LogP contribution in [-0.2, 0) is 4.79 Å². The van der Waals surface area contributed by atoms with Gasteiger partial charge in [0.15, 0.2) is 17.7 Å². The number of carboxylic acid groups (broad SMARTS) is 1. The van der Waals surface area contributed by atoms with Gasteiger partial charge in [0.25, 0.3) is 0 Å². The Hall–Kier alpha value is -2.34. The van der Waals surface area contributed by atoms with Gasteiger partial charge in [-0.3, -0.25) is 0 Å². The molecular formula is C14H9F3O3. The van der Waals surface area contributed by atoms with Gasteiger partial charge < -0.3 is 10.2 Å². The number of benzene rings is 2. The molecule has 0 saturated heterocycles. The number of halogens is 3. The van der Waals surface area contributed by atoms with E-state index in [1.54, 1.807) is 0 Å². The summed E-state index contributed by atoms with van der Waals surface area (Å²) in [4.78, 5) is 10.8. The van der Waals surface area contributed by atoms with E-state index in [-0.39, 0.29) is 5.56 Å². The number of rotatable bonds is 3. The molecule has 0 saturated carbocycles. The minimum atomic E-state index is -2.04. The van der Waals surface area contributed by atoms with Crippen molar-refractivity contribution in [2.24, 2.45) is 0 Å². The SMILES string of the molecule is O=C(O)C(O)c1cccc(F)c1-c1cccc(F)c1F. The van der Waals surface area contributed by atoms with Crippen LogP contribution in [0.5, 0.6) is 0 Å². The quantitative estimate of drug-likeness (QED) is 0.910. The summed E-state index contributed by atoms with van der Waals surface area (Å²) in [5.74, 6) is -5.07. The van der Waals surface area contributed by atoms with Crippen molar-refractivity contribution in [3.63, 3.8) is 0 Å². The number of hydrogen-bond donors (Lipinski definition) is 2. The molecule has 0 radical (unpaired) electrons. The Morgan fingerprint density at radius 1 is 1.00 bits per heavy atom. The Labute approximate surface area is 111 Å². The lowest BCUT2D eigenvalue weighted by Gasteiger charge is -2.14. The second kappa shape index (κ2) is 5.34. The summed E-state index contributed by atoms with van der Waals surface area (Å²) >= 11 is 0. The largest absolute Gasteiger partial charge is 0.479 e. The highest BCUT2D eigenvalue weighted by atomic mass is 19.2. The van der Waals surface area contributed by atoms with E-state index < -0.39 is 40.7 Å². The average Bonchev–Trinajstić information content (AvgIpc) is 2.41. The molecule has 0 aromatic heterocycles. The molecule has 0 fully saturated rings. The molecule has 0 heterocycles. The van der Waals surface area contributed by atoms with Crippen LogP contribution < -0.4 is 0 Å². The van der Waals surface area contributed by atoms with Gasteiger partial charge in [-0.25, -0.2) is 18.0 Å². The van der Waals surface area contributed by atoms with E-state index in [0.717, 1.165) is 30.3 Å². The molecule has 2 aromatic carbocycles. The van der Waals surface area contributed by atoms with Crippen LogP contribution in [0.25, 0.3) is 11.1 Å². The highest BCUT2D eigenvalue weighted by Crippen LogP contribution is 2.33. The van der Waals surface area contributed by atoms with Crippen molar-refractivity contribution in [3.8, 4) is 11.1 Å². The molecular weight excluding hydrogens is 273 g/mol. The Bertz CT molecular complexity index is 671. The third kappa shape index (κ3) is 2.37. The highest BCUT2D eigenvalue weighted by Gasteiger charge is 2.24. The van der Waals surface area contributed by atoms with Gasteiger partial charge in [-0.1, -0.05) is 24.3 Å². The van der Waals surface area contributed by atoms with Crippen LogP contribution in [0.2, 0.25) is 0 Å². The van der Waals surface area contributed by atoms with Crippen LogP contribution in [-0.4, -0.2) is 16.2 Å². The maximum Gasteiger partial charge on any atom is 0.337 e. The molecule has 0 aliphatic heterocycles. The van der Waals surface area contributed by atoms with Crippen LogP contribution in [0.15, 0.2) is 36.4 Å². The number of aliphatic hydroxyl groups is 1. The molecule has 20 heavy (non-hydrogen) atoms. The second-order valence-corrected chi connectivity index (χ2v) is 4.05.